The van der Waals surface area contributed by atoms with Gasteiger partial charge in [0.15, 0.2) is 5.11 Å². The van der Waals surface area contributed by atoms with Gasteiger partial charge in [-0.25, -0.2) is 4.98 Å². The second-order valence-corrected chi connectivity index (χ2v) is 10.2. The molecule has 0 radical (unpaired) electrons. The van der Waals surface area contributed by atoms with Crippen molar-refractivity contribution in [3.05, 3.63) is 107 Å². The van der Waals surface area contributed by atoms with Gasteiger partial charge in [-0.1, -0.05) is 24.3 Å². The number of amides is 1. The molecular formula is C30H32N6OS. The third-order valence-corrected chi connectivity index (χ3v) is 7.46. The third-order valence-electron chi connectivity index (χ3n) is 7.11. The van der Waals surface area contributed by atoms with Crippen LogP contribution in [0.3, 0.4) is 0 Å². The molecule has 1 aliphatic rings. The number of carbonyl (C=O) groups excluding carboxylic acids is 1. The molecule has 38 heavy (non-hydrogen) atoms. The van der Waals surface area contributed by atoms with Crippen molar-refractivity contribution < 1.29 is 4.79 Å². The number of rotatable bonds is 7. The lowest BCUT2D eigenvalue weighted by atomic mass is 9.96. The predicted molar refractivity (Wildman–Crippen MR) is 154 cm³/mol. The molecule has 4 aromatic rings. The summed E-state index contributed by atoms with van der Waals surface area (Å²) in [5.74, 6) is 0.830. The number of carbonyl (C=O) groups is 1. The summed E-state index contributed by atoms with van der Waals surface area (Å²) in [7, 11) is 0. The highest BCUT2D eigenvalue weighted by Crippen LogP contribution is 2.41. The quantitative estimate of drug-likeness (QED) is 0.311. The lowest BCUT2D eigenvalue weighted by Crippen LogP contribution is -2.33. The molecule has 1 aliphatic heterocycles. The van der Waals surface area contributed by atoms with Gasteiger partial charge >= 0.3 is 0 Å². The van der Waals surface area contributed by atoms with Gasteiger partial charge in [-0.15, -0.1) is 0 Å². The molecule has 0 saturated carbocycles. The van der Waals surface area contributed by atoms with Crippen molar-refractivity contribution in [1.82, 2.24) is 24.8 Å². The van der Waals surface area contributed by atoms with Crippen molar-refractivity contribution in [2.75, 3.05) is 11.9 Å². The number of hydrogen-bond donors (Lipinski definition) is 2. The molecule has 1 aromatic carbocycles. The number of anilines is 1. The van der Waals surface area contributed by atoms with Gasteiger partial charge in [-0.3, -0.25) is 9.78 Å². The van der Waals surface area contributed by atoms with Gasteiger partial charge in [0.2, 0.25) is 5.91 Å². The van der Waals surface area contributed by atoms with Crippen LogP contribution in [-0.4, -0.2) is 37.0 Å². The summed E-state index contributed by atoms with van der Waals surface area (Å²) < 4.78 is 2.16. The molecule has 0 unspecified atom stereocenters. The average molecular weight is 525 g/mol. The van der Waals surface area contributed by atoms with E-state index in [-0.39, 0.29) is 18.0 Å². The van der Waals surface area contributed by atoms with Gasteiger partial charge in [0.05, 0.1) is 17.8 Å². The molecule has 1 fully saturated rings. The molecule has 2 N–H and O–H groups in total. The van der Waals surface area contributed by atoms with E-state index < -0.39 is 0 Å². The molecule has 3 aromatic heterocycles. The zero-order valence-corrected chi connectivity index (χ0v) is 22.9. The third kappa shape index (κ3) is 5.04. The normalized spacial score (nSPS) is 16.9. The lowest BCUT2D eigenvalue weighted by Gasteiger charge is -2.28. The summed E-state index contributed by atoms with van der Waals surface area (Å²) in [5, 5.41) is 7.19. The van der Waals surface area contributed by atoms with Crippen LogP contribution in [0.5, 0.6) is 0 Å². The molecule has 0 bridgehead atoms. The molecule has 8 heteroatoms. The number of nitrogens with one attached hydrogen (secondary N) is 2. The highest BCUT2D eigenvalue weighted by atomic mass is 32.1. The first kappa shape index (κ1) is 25.6. The summed E-state index contributed by atoms with van der Waals surface area (Å²) in [5.41, 5.74) is 7.20. The summed E-state index contributed by atoms with van der Waals surface area (Å²) in [6.45, 7) is 8.69. The van der Waals surface area contributed by atoms with E-state index in [1.807, 2.05) is 68.4 Å². The van der Waals surface area contributed by atoms with Gasteiger partial charge in [-0.05, 0) is 93.0 Å². The number of pyridine rings is 2. The molecule has 4 heterocycles. The second kappa shape index (κ2) is 10.8. The standard InChI is InChI=1S/C30H32N6OS/c1-19-11-12-20(2)25(17-19)33-27(37)13-16-35-29(28(34-30(35)38)24-9-5-7-14-31-24)23-18-21(3)36(22(23)4)26-10-6-8-15-32-26/h5-12,14-15,17-18,28-29H,13,16H2,1-4H3,(H,33,37)(H,34,38)/t28-,29-/m1/s1. The van der Waals surface area contributed by atoms with Crippen LogP contribution >= 0.6 is 12.2 Å². The van der Waals surface area contributed by atoms with Crippen molar-refractivity contribution in [2.45, 2.75) is 46.2 Å². The van der Waals surface area contributed by atoms with Crippen LogP contribution in [0.4, 0.5) is 5.69 Å². The monoisotopic (exact) mass is 524 g/mol. The van der Waals surface area contributed by atoms with E-state index in [9.17, 15) is 4.79 Å². The van der Waals surface area contributed by atoms with Gasteiger partial charge in [-0.2, -0.15) is 0 Å². The fourth-order valence-electron chi connectivity index (χ4n) is 5.22. The van der Waals surface area contributed by atoms with Gasteiger partial charge < -0.3 is 20.1 Å². The zero-order valence-electron chi connectivity index (χ0n) is 22.1. The molecule has 1 saturated heterocycles. The van der Waals surface area contributed by atoms with E-state index in [0.717, 1.165) is 45.3 Å². The Balaban J connectivity index is 1.46. The van der Waals surface area contributed by atoms with E-state index in [1.165, 1.54) is 0 Å². The topological polar surface area (TPSA) is 75.1 Å². The van der Waals surface area contributed by atoms with Crippen LogP contribution in [0, 0.1) is 27.7 Å². The zero-order chi connectivity index (χ0) is 26.8. The largest absolute Gasteiger partial charge is 0.352 e. The highest BCUT2D eigenvalue weighted by Gasteiger charge is 2.41. The molecule has 194 valence electrons. The van der Waals surface area contributed by atoms with Crippen molar-refractivity contribution in [3.8, 4) is 5.82 Å². The molecule has 0 aliphatic carbocycles. The number of nitrogens with zero attached hydrogens (tertiary/aromatic N) is 4. The second-order valence-electron chi connectivity index (χ2n) is 9.79. The van der Waals surface area contributed by atoms with Gasteiger partial charge in [0.25, 0.3) is 0 Å². The number of benzene rings is 1. The Morgan fingerprint density at radius 3 is 2.47 bits per heavy atom. The Morgan fingerprint density at radius 2 is 1.76 bits per heavy atom. The van der Waals surface area contributed by atoms with Crippen molar-refractivity contribution >= 4 is 28.9 Å². The maximum atomic E-state index is 13.0. The fraction of sp³-hybridized carbons (Fsp3) is 0.267. The first-order valence-electron chi connectivity index (χ1n) is 12.8. The minimum absolute atomic E-state index is 0.0412. The summed E-state index contributed by atoms with van der Waals surface area (Å²) >= 11 is 5.83. The van der Waals surface area contributed by atoms with E-state index in [4.69, 9.17) is 12.2 Å². The SMILES string of the molecule is Cc1ccc(C)c(NC(=O)CCN2C(=S)N[C@H](c3ccccn3)[C@H]2c2cc(C)n(-c3ccccn3)c2C)c1. The number of thiocarbonyl (C=S) groups is 1. The first-order chi connectivity index (χ1) is 18.3. The smallest absolute Gasteiger partial charge is 0.226 e. The van der Waals surface area contributed by atoms with Crippen LogP contribution in [0.2, 0.25) is 0 Å². The molecule has 5 rings (SSSR count). The Morgan fingerprint density at radius 1 is 1.00 bits per heavy atom. The maximum absolute atomic E-state index is 13.0. The number of aromatic nitrogens is 3. The van der Waals surface area contributed by atoms with Gasteiger partial charge in [0, 0.05) is 42.4 Å². The Bertz CT molecular complexity index is 1470. The van der Waals surface area contributed by atoms with Crippen molar-refractivity contribution in [2.24, 2.45) is 0 Å². The molecular weight excluding hydrogens is 492 g/mol. The van der Waals surface area contributed by atoms with Crippen LogP contribution in [0.1, 0.15) is 52.3 Å². The fourth-order valence-corrected chi connectivity index (χ4v) is 5.55. The van der Waals surface area contributed by atoms with Crippen LogP contribution in [0.15, 0.2) is 73.1 Å². The minimum Gasteiger partial charge on any atom is -0.352 e. The molecule has 1 amide bonds. The number of hydrogen-bond acceptors (Lipinski definition) is 4. The van der Waals surface area contributed by atoms with Crippen LogP contribution in [-0.2, 0) is 4.79 Å². The van der Waals surface area contributed by atoms with E-state index in [1.54, 1.807) is 12.4 Å². The minimum atomic E-state index is -0.150. The summed E-state index contributed by atoms with van der Waals surface area (Å²) in [4.78, 5) is 24.4. The first-order valence-corrected chi connectivity index (χ1v) is 13.2. The van der Waals surface area contributed by atoms with Crippen LogP contribution < -0.4 is 10.6 Å². The molecule has 7 nitrogen and oxygen atoms in total. The molecule has 2 atom stereocenters. The predicted octanol–water partition coefficient (Wildman–Crippen LogP) is 5.50. The maximum Gasteiger partial charge on any atom is 0.226 e. The average Bonchev–Trinajstić information content (AvgIpc) is 3.40. The van der Waals surface area contributed by atoms with Gasteiger partial charge in [0.1, 0.15) is 5.82 Å². The van der Waals surface area contributed by atoms with E-state index in [2.05, 4.69) is 50.0 Å². The van der Waals surface area contributed by atoms with Crippen molar-refractivity contribution in [1.29, 1.82) is 0 Å². The molecule has 0 spiro atoms. The Labute approximate surface area is 228 Å². The Hall–Kier alpha value is -4.04. The highest BCUT2D eigenvalue weighted by molar-refractivity contribution is 7.80. The Kier molecular flexibility index (Phi) is 7.24. The lowest BCUT2D eigenvalue weighted by molar-refractivity contribution is -0.116. The van der Waals surface area contributed by atoms with Crippen LogP contribution in [0.25, 0.3) is 5.82 Å². The van der Waals surface area contributed by atoms with Crippen molar-refractivity contribution in [3.63, 3.8) is 0 Å². The summed E-state index contributed by atoms with van der Waals surface area (Å²) in [6.07, 6.45) is 3.91. The number of aryl methyl sites for hydroxylation is 3. The summed E-state index contributed by atoms with van der Waals surface area (Å²) in [6, 6.07) is 19.8. The van der Waals surface area contributed by atoms with E-state index in [0.29, 0.717) is 18.1 Å². The van der Waals surface area contributed by atoms with E-state index >= 15 is 0 Å².